The summed E-state index contributed by atoms with van der Waals surface area (Å²) in [5.41, 5.74) is 2.73. The molecule has 6 rings (SSSR count). The van der Waals surface area contributed by atoms with Gasteiger partial charge in [-0.2, -0.15) is 0 Å². The maximum atomic E-state index is 13.9. The topological polar surface area (TPSA) is 118 Å². The van der Waals surface area contributed by atoms with Gasteiger partial charge < -0.3 is 35.2 Å². The molecule has 0 saturated carbocycles. The molecule has 2 aromatic carbocycles. The maximum Gasteiger partial charge on any atom is 0.410 e. The fraction of sp³-hybridized carbons (Fsp3) is 0.559. The van der Waals surface area contributed by atoms with Crippen molar-refractivity contribution in [2.75, 3.05) is 64.2 Å². The third-order valence-corrected chi connectivity index (χ3v) is 11.0. The largest absolute Gasteiger partial charge is 0.506 e. The number of likely N-dealkylation sites (tertiary alicyclic amines) is 2. The molecule has 47 heavy (non-hydrogen) atoms. The van der Waals surface area contributed by atoms with Crippen molar-refractivity contribution in [3.63, 3.8) is 0 Å². The number of fused-ring (bicyclic) bond motifs is 1. The summed E-state index contributed by atoms with van der Waals surface area (Å²) in [7, 11) is 0. The number of urea groups is 1. The molecule has 11 nitrogen and oxygen atoms in total. The molecule has 3 fully saturated rings. The van der Waals surface area contributed by atoms with E-state index in [2.05, 4.69) is 47.4 Å². The number of para-hydroxylation sites is 1. The molecule has 0 aromatic heterocycles. The number of nitrogens with one attached hydrogen (secondary N) is 2. The van der Waals surface area contributed by atoms with Crippen LogP contribution >= 0.6 is 31.9 Å². The average molecular weight is 779 g/mol. The van der Waals surface area contributed by atoms with Crippen molar-refractivity contribution >= 4 is 55.6 Å². The van der Waals surface area contributed by atoms with Crippen LogP contribution in [0.1, 0.15) is 44.2 Å². The van der Waals surface area contributed by atoms with Gasteiger partial charge in [-0.1, -0.05) is 25.6 Å². The number of amides is 4. The summed E-state index contributed by atoms with van der Waals surface area (Å²) in [5, 5.41) is 16.7. The van der Waals surface area contributed by atoms with Gasteiger partial charge in [0.2, 0.25) is 0 Å². The summed E-state index contributed by atoms with van der Waals surface area (Å²) in [4.78, 5) is 48.4. The van der Waals surface area contributed by atoms with Gasteiger partial charge in [0, 0.05) is 83.1 Å². The van der Waals surface area contributed by atoms with Crippen molar-refractivity contribution < 1.29 is 24.2 Å². The predicted octanol–water partition coefficient (Wildman–Crippen LogP) is 5.05. The Morgan fingerprint density at radius 1 is 0.894 bits per heavy atom. The smallest absolute Gasteiger partial charge is 0.410 e. The molecule has 0 aliphatic carbocycles. The van der Waals surface area contributed by atoms with Crippen LogP contribution in [-0.2, 0) is 22.4 Å². The highest BCUT2D eigenvalue weighted by Crippen LogP contribution is 2.34. The summed E-state index contributed by atoms with van der Waals surface area (Å²) in [6.45, 7) is 6.78. The first-order valence-electron chi connectivity index (χ1n) is 16.3. The van der Waals surface area contributed by atoms with Crippen LogP contribution in [0.2, 0.25) is 0 Å². The normalized spacial score (nSPS) is 20.5. The van der Waals surface area contributed by atoms with Crippen LogP contribution in [0.4, 0.5) is 15.3 Å². The number of nitrogens with zero attached hydrogens (tertiary/aromatic N) is 4. The third kappa shape index (κ3) is 8.41. The summed E-state index contributed by atoms with van der Waals surface area (Å²) in [6.07, 6.45) is 2.50. The molecule has 0 radical (unpaired) electrons. The summed E-state index contributed by atoms with van der Waals surface area (Å²) >= 11 is 6.76. The Morgan fingerprint density at radius 2 is 1.51 bits per heavy atom. The number of rotatable bonds is 6. The van der Waals surface area contributed by atoms with E-state index in [1.165, 1.54) is 0 Å². The highest BCUT2D eigenvalue weighted by Gasteiger charge is 2.36. The van der Waals surface area contributed by atoms with Crippen LogP contribution in [0.15, 0.2) is 45.3 Å². The van der Waals surface area contributed by atoms with Crippen molar-refractivity contribution in [2.24, 2.45) is 0 Å². The van der Waals surface area contributed by atoms with E-state index in [4.69, 9.17) is 4.74 Å². The maximum absolute atomic E-state index is 13.9. The number of hydrogen-bond acceptors (Lipinski definition) is 7. The van der Waals surface area contributed by atoms with Crippen molar-refractivity contribution in [1.29, 1.82) is 0 Å². The minimum atomic E-state index is -1.00. The van der Waals surface area contributed by atoms with Gasteiger partial charge >= 0.3 is 12.1 Å². The molecular formula is C34H46Br2N6O5. The molecule has 4 heterocycles. The van der Waals surface area contributed by atoms with Gasteiger partial charge in [-0.3, -0.25) is 9.69 Å². The van der Waals surface area contributed by atoms with Crippen LogP contribution in [0.25, 0.3) is 0 Å². The number of aromatic hydroxyl groups is 1. The van der Waals surface area contributed by atoms with Gasteiger partial charge in [0.15, 0.2) is 6.10 Å². The number of ether oxygens (including phenoxy) is 1. The molecule has 2 aromatic rings. The average Bonchev–Trinajstić information content (AvgIpc) is 3.25. The molecule has 0 unspecified atom stereocenters. The van der Waals surface area contributed by atoms with Gasteiger partial charge in [-0.05, 0) is 93.3 Å². The first kappa shape index (κ1) is 35.4. The number of phenolic OH excluding ortho intramolecular Hbond substituents is 1. The van der Waals surface area contributed by atoms with Crippen LogP contribution in [0, 0.1) is 0 Å². The van der Waals surface area contributed by atoms with E-state index in [9.17, 15) is 19.5 Å². The zero-order valence-corrected chi connectivity index (χ0v) is 29.1. The Balaban J connectivity index is 0.00000433. The molecule has 4 aliphatic heterocycles. The van der Waals surface area contributed by atoms with Crippen LogP contribution in [-0.4, -0.2) is 120 Å². The minimum absolute atomic E-state index is 0. The van der Waals surface area contributed by atoms with Gasteiger partial charge in [0.25, 0.3) is 5.91 Å². The molecule has 256 valence electrons. The standard InChI is InChI=1S/C33H42Br2N6O5.CH4/c34-26-19-22(20-27(35)30(26)42)21-29(31(43)39-12-6-24(7-13-39)38-17-10-36-11-18-38)46-33(45)40-14-8-25(9-15-40)41-16-5-23-3-1-2-4-28(23)37-32(41)44;/h1-4,19-20,24-25,29,36,42H,5-18,21H2,(H,37,44);1H4/t29-;/m1./s1. The molecule has 4 amide bonds. The van der Waals surface area contributed by atoms with Gasteiger partial charge in [0.05, 0.1) is 8.95 Å². The lowest BCUT2D eigenvalue weighted by atomic mass is 10.0. The van der Waals surface area contributed by atoms with Gasteiger partial charge in [0.1, 0.15) is 5.75 Å². The van der Waals surface area contributed by atoms with Crippen LogP contribution in [0.5, 0.6) is 5.75 Å². The zero-order valence-electron chi connectivity index (χ0n) is 25.9. The minimum Gasteiger partial charge on any atom is -0.506 e. The second-order valence-electron chi connectivity index (χ2n) is 12.6. The third-order valence-electron chi connectivity index (χ3n) is 9.77. The first-order valence-corrected chi connectivity index (χ1v) is 17.9. The number of carbonyl (C=O) groups is 3. The fourth-order valence-electron chi connectivity index (χ4n) is 7.13. The number of benzene rings is 2. The predicted molar refractivity (Wildman–Crippen MR) is 189 cm³/mol. The van der Waals surface area contributed by atoms with E-state index >= 15 is 0 Å². The van der Waals surface area contributed by atoms with Crippen molar-refractivity contribution in [3.8, 4) is 5.75 Å². The Hall–Kier alpha value is -2.87. The Morgan fingerprint density at radius 3 is 2.19 bits per heavy atom. The van der Waals surface area contributed by atoms with Crippen LogP contribution in [0.3, 0.4) is 0 Å². The Bertz CT molecular complexity index is 1400. The van der Waals surface area contributed by atoms with Crippen molar-refractivity contribution in [1.82, 2.24) is 24.9 Å². The molecule has 13 heteroatoms. The molecule has 3 saturated heterocycles. The van der Waals surface area contributed by atoms with E-state index in [1.807, 2.05) is 34.1 Å². The van der Waals surface area contributed by atoms with Crippen molar-refractivity contribution in [3.05, 3.63) is 56.5 Å². The van der Waals surface area contributed by atoms with Crippen molar-refractivity contribution in [2.45, 2.75) is 64.1 Å². The molecule has 0 spiro atoms. The number of carbonyl (C=O) groups excluding carboxylic acids is 3. The number of anilines is 1. The summed E-state index contributed by atoms with van der Waals surface area (Å²) < 4.78 is 7.01. The molecular weight excluding hydrogens is 732 g/mol. The van der Waals surface area contributed by atoms with E-state index in [-0.39, 0.29) is 37.6 Å². The second-order valence-corrected chi connectivity index (χ2v) is 14.3. The Labute approximate surface area is 294 Å². The number of halogens is 2. The monoisotopic (exact) mass is 776 g/mol. The SMILES string of the molecule is C.O=C(O[C@H](Cc1cc(Br)c(O)c(Br)c1)C(=O)N1CCC(N2CCNCC2)CC1)N1CCC(N2CCc3ccccc3NC2=O)CC1. The van der Waals surface area contributed by atoms with Gasteiger partial charge in [-0.25, -0.2) is 9.59 Å². The highest BCUT2D eigenvalue weighted by atomic mass is 79.9. The molecule has 1 atom stereocenters. The summed E-state index contributed by atoms with van der Waals surface area (Å²) in [6, 6.07) is 11.7. The quantitative estimate of drug-likeness (QED) is 0.376. The van der Waals surface area contributed by atoms with Crippen LogP contribution < -0.4 is 10.6 Å². The van der Waals surface area contributed by atoms with E-state index < -0.39 is 12.2 Å². The van der Waals surface area contributed by atoms with E-state index in [0.717, 1.165) is 62.3 Å². The zero-order chi connectivity index (χ0) is 32.2. The number of hydrogen-bond donors (Lipinski definition) is 3. The second kappa shape index (κ2) is 16.0. The number of piperidine rings is 2. The lowest BCUT2D eigenvalue weighted by Gasteiger charge is -2.41. The Kier molecular flexibility index (Phi) is 12.1. The molecule has 0 bridgehead atoms. The van der Waals surface area contributed by atoms with E-state index in [0.29, 0.717) is 60.6 Å². The first-order chi connectivity index (χ1) is 22.3. The van der Waals surface area contributed by atoms with Gasteiger partial charge in [-0.15, -0.1) is 0 Å². The highest BCUT2D eigenvalue weighted by molar-refractivity contribution is 9.11. The molecule has 4 aliphatic rings. The fourth-order valence-corrected chi connectivity index (χ4v) is 8.41. The van der Waals surface area contributed by atoms with E-state index in [1.54, 1.807) is 17.0 Å². The lowest BCUT2D eigenvalue weighted by Crippen LogP contribution is -2.54. The number of piperazine rings is 1. The molecule has 3 N–H and O–H groups in total. The number of phenols is 1. The summed E-state index contributed by atoms with van der Waals surface area (Å²) in [5.74, 6) is -0.119. The lowest BCUT2D eigenvalue weighted by molar-refractivity contribution is -0.142.